The Bertz CT molecular complexity index is 442. The molecule has 0 aromatic rings. The summed E-state index contributed by atoms with van der Waals surface area (Å²) in [6, 6.07) is 1.82. The summed E-state index contributed by atoms with van der Waals surface area (Å²) in [5, 5.41) is 8.68. The van der Waals surface area contributed by atoms with Crippen LogP contribution in [0, 0.1) is 17.2 Å². The fourth-order valence-corrected chi connectivity index (χ4v) is 2.29. The summed E-state index contributed by atoms with van der Waals surface area (Å²) in [6.45, 7) is 5.60. The van der Waals surface area contributed by atoms with E-state index in [2.05, 4.69) is 11.6 Å². The molecule has 2 aliphatic heterocycles. The van der Waals surface area contributed by atoms with Crippen molar-refractivity contribution in [1.82, 2.24) is 4.90 Å². The van der Waals surface area contributed by atoms with E-state index in [4.69, 9.17) is 5.26 Å². The minimum absolute atomic E-state index is 0.0227. The van der Waals surface area contributed by atoms with Crippen LogP contribution in [-0.4, -0.2) is 36.2 Å². The van der Waals surface area contributed by atoms with Crippen molar-refractivity contribution in [1.29, 1.82) is 5.26 Å². The summed E-state index contributed by atoms with van der Waals surface area (Å²) < 4.78 is 0. The largest absolute Gasteiger partial charge is 0.337 e. The van der Waals surface area contributed by atoms with Crippen molar-refractivity contribution in [3.63, 3.8) is 0 Å². The number of aliphatic imine (C=N–C) groups is 1. The van der Waals surface area contributed by atoms with Gasteiger partial charge >= 0.3 is 0 Å². The second kappa shape index (κ2) is 4.96. The van der Waals surface area contributed by atoms with E-state index in [1.807, 2.05) is 18.2 Å². The van der Waals surface area contributed by atoms with Crippen LogP contribution in [0.25, 0.3) is 0 Å². The minimum Gasteiger partial charge on any atom is -0.337 e. The van der Waals surface area contributed by atoms with Crippen LogP contribution in [0.5, 0.6) is 0 Å². The van der Waals surface area contributed by atoms with Crippen molar-refractivity contribution in [3.8, 4) is 6.07 Å². The van der Waals surface area contributed by atoms with Gasteiger partial charge in [0.1, 0.15) is 11.6 Å². The lowest BCUT2D eigenvalue weighted by molar-refractivity contribution is -0.127. The summed E-state index contributed by atoms with van der Waals surface area (Å²) in [5.41, 5.74) is 1.11. The van der Waals surface area contributed by atoms with Crippen LogP contribution >= 0.6 is 0 Å². The van der Waals surface area contributed by atoms with Gasteiger partial charge in [0, 0.05) is 24.7 Å². The lowest BCUT2D eigenvalue weighted by Gasteiger charge is -2.32. The van der Waals surface area contributed by atoms with Crippen LogP contribution in [0.4, 0.5) is 0 Å². The van der Waals surface area contributed by atoms with Gasteiger partial charge in [0.05, 0.1) is 6.54 Å². The number of carbonyl (C=O) groups excluding carboxylic acids is 1. The van der Waals surface area contributed by atoms with Crippen LogP contribution in [0.1, 0.15) is 12.8 Å². The average Bonchev–Trinajstić information content (AvgIpc) is 2.91. The molecular formula is C13H15N3O. The zero-order chi connectivity index (χ0) is 12.3. The van der Waals surface area contributed by atoms with Crippen LogP contribution in [0.15, 0.2) is 29.3 Å². The van der Waals surface area contributed by atoms with Crippen LogP contribution in [0.3, 0.4) is 0 Å². The van der Waals surface area contributed by atoms with Crippen molar-refractivity contribution >= 4 is 11.6 Å². The quantitative estimate of drug-likeness (QED) is 0.529. The number of nitrogens with zero attached hydrogens (tertiary/aromatic N) is 3. The normalized spacial score (nSPS) is 23.1. The molecule has 4 nitrogen and oxygen atoms in total. The molecule has 0 aromatic carbocycles. The highest BCUT2D eigenvalue weighted by Gasteiger charge is 2.27. The molecule has 0 bridgehead atoms. The van der Waals surface area contributed by atoms with Gasteiger partial charge < -0.3 is 4.90 Å². The molecule has 2 heterocycles. The molecule has 0 radical (unpaired) electrons. The average molecular weight is 229 g/mol. The second-order valence-electron chi connectivity index (χ2n) is 4.35. The van der Waals surface area contributed by atoms with E-state index >= 15 is 0 Å². The van der Waals surface area contributed by atoms with Crippen molar-refractivity contribution in [2.45, 2.75) is 12.8 Å². The molecule has 17 heavy (non-hydrogen) atoms. The maximum absolute atomic E-state index is 11.8. The van der Waals surface area contributed by atoms with E-state index < -0.39 is 0 Å². The van der Waals surface area contributed by atoms with Crippen molar-refractivity contribution < 1.29 is 4.79 Å². The first-order chi connectivity index (χ1) is 8.22. The molecule has 0 N–H and O–H groups in total. The third-order valence-electron chi connectivity index (χ3n) is 3.19. The number of nitriles is 1. The Morgan fingerprint density at radius 1 is 1.65 bits per heavy atom. The van der Waals surface area contributed by atoms with Crippen molar-refractivity contribution in [2.75, 3.05) is 19.6 Å². The molecule has 1 saturated heterocycles. The molecule has 1 unspecified atom stereocenters. The maximum Gasteiger partial charge on any atom is 0.263 e. The lowest BCUT2D eigenvalue weighted by atomic mass is 9.93. The number of allylic oxidation sites excluding steroid dienone is 1. The van der Waals surface area contributed by atoms with Gasteiger partial charge in [0.25, 0.3) is 5.91 Å². The summed E-state index contributed by atoms with van der Waals surface area (Å²) in [7, 11) is 0. The SMILES string of the molecule is C=C(C#N)C(=O)N1CCCC(C2=NCC=C2)C1. The second-order valence-corrected chi connectivity index (χ2v) is 4.35. The molecule has 0 spiro atoms. The molecule has 0 saturated carbocycles. The first-order valence-electron chi connectivity index (χ1n) is 5.81. The van der Waals surface area contributed by atoms with Crippen molar-refractivity contribution in [2.24, 2.45) is 10.9 Å². The number of carbonyl (C=O) groups is 1. The Morgan fingerprint density at radius 2 is 2.47 bits per heavy atom. The predicted molar refractivity (Wildman–Crippen MR) is 65.5 cm³/mol. The van der Waals surface area contributed by atoms with E-state index in [0.717, 1.165) is 25.1 Å². The Balaban J connectivity index is 2.02. The van der Waals surface area contributed by atoms with E-state index in [1.54, 1.807) is 4.90 Å². The first-order valence-corrected chi connectivity index (χ1v) is 5.81. The predicted octanol–water partition coefficient (Wildman–Crippen LogP) is 1.32. The summed E-state index contributed by atoms with van der Waals surface area (Å²) in [6.07, 6.45) is 6.09. The van der Waals surface area contributed by atoms with Gasteiger partial charge in [-0.2, -0.15) is 5.26 Å². The molecule has 2 rings (SSSR count). The van der Waals surface area contributed by atoms with Gasteiger partial charge in [0.15, 0.2) is 0 Å². The smallest absolute Gasteiger partial charge is 0.263 e. The molecule has 4 heteroatoms. The number of amides is 1. The van der Waals surface area contributed by atoms with Gasteiger partial charge in [-0.05, 0) is 18.9 Å². The van der Waals surface area contributed by atoms with Gasteiger partial charge in [-0.15, -0.1) is 0 Å². The molecule has 88 valence electrons. The molecule has 1 atom stereocenters. The van der Waals surface area contributed by atoms with Gasteiger partial charge in [-0.3, -0.25) is 9.79 Å². The highest BCUT2D eigenvalue weighted by atomic mass is 16.2. The number of hydrogen-bond donors (Lipinski definition) is 0. The Hall–Kier alpha value is -1.89. The number of rotatable bonds is 2. The fourth-order valence-electron chi connectivity index (χ4n) is 2.29. The van der Waals surface area contributed by atoms with Gasteiger partial charge in [-0.25, -0.2) is 0 Å². The molecular weight excluding hydrogens is 214 g/mol. The summed E-state index contributed by atoms with van der Waals surface area (Å²) in [4.78, 5) is 18.0. The summed E-state index contributed by atoms with van der Waals surface area (Å²) in [5.74, 6) is 0.0812. The topological polar surface area (TPSA) is 56.5 Å². The molecule has 1 amide bonds. The summed E-state index contributed by atoms with van der Waals surface area (Å²) >= 11 is 0. The first kappa shape index (κ1) is 11.6. The molecule has 0 aromatic heterocycles. The third-order valence-corrected chi connectivity index (χ3v) is 3.19. The monoisotopic (exact) mass is 229 g/mol. The minimum atomic E-state index is -0.236. The van der Waals surface area contributed by atoms with Gasteiger partial charge in [0.2, 0.25) is 0 Å². The fraction of sp³-hybridized carbons (Fsp3) is 0.462. The Kier molecular flexibility index (Phi) is 3.38. The number of piperidine rings is 1. The van der Waals surface area contributed by atoms with Gasteiger partial charge in [-0.1, -0.05) is 12.7 Å². The standard InChI is InChI=1S/C13H15N3O/c1-10(8-14)13(17)16-7-3-4-11(9-16)12-5-2-6-15-12/h2,5,11H,1,3-4,6-7,9H2. The zero-order valence-corrected chi connectivity index (χ0v) is 9.72. The molecule has 2 aliphatic rings. The molecule has 1 fully saturated rings. The van der Waals surface area contributed by atoms with Crippen LogP contribution in [-0.2, 0) is 4.79 Å². The highest BCUT2D eigenvalue weighted by Crippen LogP contribution is 2.21. The number of likely N-dealkylation sites (tertiary alicyclic amines) is 1. The number of hydrogen-bond acceptors (Lipinski definition) is 3. The Labute approximate surface area is 101 Å². The van der Waals surface area contributed by atoms with E-state index in [1.165, 1.54) is 0 Å². The third kappa shape index (κ3) is 2.44. The zero-order valence-electron chi connectivity index (χ0n) is 9.72. The lowest BCUT2D eigenvalue weighted by Crippen LogP contribution is -2.42. The van der Waals surface area contributed by atoms with Crippen LogP contribution < -0.4 is 0 Å². The van der Waals surface area contributed by atoms with Crippen LogP contribution in [0.2, 0.25) is 0 Å². The maximum atomic E-state index is 11.8. The van der Waals surface area contributed by atoms with E-state index in [0.29, 0.717) is 19.0 Å². The van der Waals surface area contributed by atoms with Crippen molar-refractivity contribution in [3.05, 3.63) is 24.3 Å². The van der Waals surface area contributed by atoms with E-state index in [9.17, 15) is 4.79 Å². The van der Waals surface area contributed by atoms with E-state index in [-0.39, 0.29) is 11.5 Å². The highest BCUT2D eigenvalue weighted by molar-refractivity contribution is 6.00. The Morgan fingerprint density at radius 3 is 3.12 bits per heavy atom. The molecule has 0 aliphatic carbocycles.